The number of hydrogen-bond donors (Lipinski definition) is 2. The number of nitrogens with two attached hydrogens (primary N) is 1. The number of ether oxygens (including phenoxy) is 1. The lowest BCUT2D eigenvalue weighted by Crippen LogP contribution is -2.42. The van der Waals surface area contributed by atoms with Crippen LogP contribution < -0.4 is 11.1 Å². The largest absolute Gasteiger partial charge is 0.372 e. The smallest absolute Gasteiger partial charge is 0.246 e. The van der Waals surface area contributed by atoms with Crippen molar-refractivity contribution in [1.29, 1.82) is 0 Å². The molecule has 1 amide bonds. The molecule has 4 nitrogen and oxygen atoms in total. The zero-order chi connectivity index (χ0) is 11.7. The van der Waals surface area contributed by atoms with Crippen molar-refractivity contribution in [3.05, 3.63) is 0 Å². The summed E-state index contributed by atoms with van der Waals surface area (Å²) >= 11 is 0. The van der Waals surface area contributed by atoms with Crippen LogP contribution in [0.1, 0.15) is 33.6 Å². The molecule has 0 aliphatic carbocycles. The Morgan fingerprint density at radius 3 is 2.60 bits per heavy atom. The first-order chi connectivity index (χ1) is 7.10. The Morgan fingerprint density at radius 1 is 1.47 bits per heavy atom. The summed E-state index contributed by atoms with van der Waals surface area (Å²) in [5.41, 5.74) is 5.57. The summed E-state index contributed by atoms with van der Waals surface area (Å²) in [6.45, 7) is 7.50. The third kappa shape index (κ3) is 8.39. The molecule has 0 aromatic rings. The molecule has 0 radical (unpaired) electrons. The molecule has 1 atom stereocenters. The Hall–Kier alpha value is -0.610. The van der Waals surface area contributed by atoms with Crippen LogP contribution in [-0.2, 0) is 9.53 Å². The van der Waals surface area contributed by atoms with Crippen molar-refractivity contribution < 1.29 is 9.53 Å². The topological polar surface area (TPSA) is 64.3 Å². The summed E-state index contributed by atoms with van der Waals surface area (Å²) in [5.74, 6) is 0.468. The number of carbonyl (C=O) groups is 1. The average Bonchev–Trinajstić information content (AvgIpc) is 2.16. The first-order valence-corrected chi connectivity index (χ1v) is 5.67. The monoisotopic (exact) mass is 216 g/mol. The molecular weight excluding hydrogens is 192 g/mol. The zero-order valence-electron chi connectivity index (χ0n) is 10.1. The van der Waals surface area contributed by atoms with Gasteiger partial charge in [-0.2, -0.15) is 0 Å². The Labute approximate surface area is 92.6 Å². The summed E-state index contributed by atoms with van der Waals surface area (Å²) in [6, 6.07) is 0.0720. The summed E-state index contributed by atoms with van der Waals surface area (Å²) in [7, 11) is 0. The van der Waals surface area contributed by atoms with Crippen molar-refractivity contribution in [2.24, 2.45) is 11.7 Å². The van der Waals surface area contributed by atoms with Crippen molar-refractivity contribution in [2.75, 3.05) is 19.8 Å². The van der Waals surface area contributed by atoms with Crippen LogP contribution in [-0.4, -0.2) is 31.7 Å². The van der Waals surface area contributed by atoms with Crippen LogP contribution in [0.4, 0.5) is 0 Å². The highest BCUT2D eigenvalue weighted by Gasteiger charge is 2.11. The van der Waals surface area contributed by atoms with E-state index in [9.17, 15) is 4.79 Å². The van der Waals surface area contributed by atoms with Crippen LogP contribution in [0, 0.1) is 5.92 Å². The van der Waals surface area contributed by atoms with Gasteiger partial charge in [0.1, 0.15) is 6.61 Å². The quantitative estimate of drug-likeness (QED) is 0.593. The summed E-state index contributed by atoms with van der Waals surface area (Å²) in [4.78, 5) is 11.4. The molecule has 90 valence electrons. The number of carbonyl (C=O) groups excluding carboxylic acids is 1. The molecule has 0 fully saturated rings. The summed E-state index contributed by atoms with van der Waals surface area (Å²) in [6.07, 6.45) is 1.84. The molecule has 1 unspecified atom stereocenters. The highest BCUT2D eigenvalue weighted by molar-refractivity contribution is 5.77. The summed E-state index contributed by atoms with van der Waals surface area (Å²) in [5, 5.41) is 2.87. The van der Waals surface area contributed by atoms with Crippen LogP contribution in [0.25, 0.3) is 0 Å². The van der Waals surface area contributed by atoms with E-state index in [0.717, 1.165) is 12.8 Å². The fraction of sp³-hybridized carbons (Fsp3) is 0.909. The average molecular weight is 216 g/mol. The third-order valence-electron chi connectivity index (χ3n) is 1.99. The second-order valence-corrected chi connectivity index (χ2v) is 4.18. The molecule has 0 aliphatic rings. The predicted molar refractivity (Wildman–Crippen MR) is 61.6 cm³/mol. The van der Waals surface area contributed by atoms with Gasteiger partial charge in [-0.1, -0.05) is 20.8 Å². The van der Waals surface area contributed by atoms with Gasteiger partial charge >= 0.3 is 0 Å². The van der Waals surface area contributed by atoms with Gasteiger partial charge in [0, 0.05) is 19.2 Å². The Balaban J connectivity index is 3.70. The lowest BCUT2D eigenvalue weighted by molar-refractivity contribution is -0.126. The van der Waals surface area contributed by atoms with Crippen molar-refractivity contribution in [3.63, 3.8) is 0 Å². The van der Waals surface area contributed by atoms with E-state index in [2.05, 4.69) is 19.2 Å². The van der Waals surface area contributed by atoms with E-state index in [1.165, 1.54) is 0 Å². The molecule has 0 aromatic carbocycles. The minimum atomic E-state index is -0.0699. The van der Waals surface area contributed by atoms with E-state index < -0.39 is 0 Å². The van der Waals surface area contributed by atoms with E-state index >= 15 is 0 Å². The molecule has 0 heterocycles. The van der Waals surface area contributed by atoms with Crippen molar-refractivity contribution in [3.8, 4) is 0 Å². The van der Waals surface area contributed by atoms with E-state index in [-0.39, 0.29) is 18.6 Å². The molecule has 0 saturated heterocycles. The molecule has 4 heteroatoms. The molecule has 0 aliphatic heterocycles. The molecule has 0 aromatic heterocycles. The van der Waals surface area contributed by atoms with Gasteiger partial charge in [0.15, 0.2) is 0 Å². The first kappa shape index (κ1) is 14.4. The molecule has 3 N–H and O–H groups in total. The van der Waals surface area contributed by atoms with Crippen LogP contribution in [0.3, 0.4) is 0 Å². The lowest BCUT2D eigenvalue weighted by atomic mass is 10.0. The van der Waals surface area contributed by atoms with Crippen molar-refractivity contribution >= 4 is 5.91 Å². The lowest BCUT2D eigenvalue weighted by Gasteiger charge is -2.18. The Kier molecular flexibility index (Phi) is 8.33. The number of nitrogens with one attached hydrogen (secondary N) is 1. The van der Waals surface area contributed by atoms with E-state index in [1.807, 2.05) is 6.92 Å². The fourth-order valence-corrected chi connectivity index (χ4v) is 1.36. The van der Waals surface area contributed by atoms with Gasteiger partial charge in [0.25, 0.3) is 0 Å². The molecule has 15 heavy (non-hydrogen) atoms. The normalized spacial score (nSPS) is 12.9. The number of rotatable bonds is 8. The third-order valence-corrected chi connectivity index (χ3v) is 1.99. The van der Waals surface area contributed by atoms with E-state index in [1.54, 1.807) is 0 Å². The fourth-order valence-electron chi connectivity index (χ4n) is 1.36. The van der Waals surface area contributed by atoms with Gasteiger partial charge in [-0.3, -0.25) is 4.79 Å². The molecule has 0 rings (SSSR count). The van der Waals surface area contributed by atoms with Crippen LogP contribution >= 0.6 is 0 Å². The maximum Gasteiger partial charge on any atom is 0.246 e. The molecular formula is C11H24N2O2. The maximum absolute atomic E-state index is 11.4. The van der Waals surface area contributed by atoms with Crippen LogP contribution in [0.2, 0.25) is 0 Å². The van der Waals surface area contributed by atoms with Gasteiger partial charge in [-0.15, -0.1) is 0 Å². The van der Waals surface area contributed by atoms with Crippen LogP contribution in [0.5, 0.6) is 0 Å². The van der Waals surface area contributed by atoms with Crippen molar-refractivity contribution in [1.82, 2.24) is 5.32 Å². The van der Waals surface area contributed by atoms with Gasteiger partial charge < -0.3 is 15.8 Å². The van der Waals surface area contributed by atoms with Gasteiger partial charge in [0.05, 0.1) is 0 Å². The zero-order valence-corrected chi connectivity index (χ0v) is 10.1. The number of hydrogen-bond acceptors (Lipinski definition) is 3. The Morgan fingerprint density at radius 2 is 2.13 bits per heavy atom. The number of amides is 1. The molecule has 0 spiro atoms. The van der Waals surface area contributed by atoms with Gasteiger partial charge in [-0.05, 0) is 18.8 Å². The Bertz CT molecular complexity index is 172. The van der Waals surface area contributed by atoms with E-state index in [0.29, 0.717) is 19.1 Å². The highest BCUT2D eigenvalue weighted by atomic mass is 16.5. The van der Waals surface area contributed by atoms with Crippen LogP contribution in [0.15, 0.2) is 0 Å². The predicted octanol–water partition coefficient (Wildman–Crippen LogP) is 0.903. The highest BCUT2D eigenvalue weighted by Crippen LogP contribution is 2.03. The van der Waals surface area contributed by atoms with Crippen molar-refractivity contribution in [2.45, 2.75) is 39.7 Å². The first-order valence-electron chi connectivity index (χ1n) is 5.67. The molecule has 0 bridgehead atoms. The second kappa shape index (κ2) is 8.68. The maximum atomic E-state index is 11.4. The van der Waals surface area contributed by atoms with Gasteiger partial charge in [0.2, 0.25) is 5.91 Å². The van der Waals surface area contributed by atoms with E-state index in [4.69, 9.17) is 10.5 Å². The minimum Gasteiger partial charge on any atom is -0.372 e. The standard InChI is InChI=1S/C11H24N2O2/c1-4-5-15-8-11(14)13-10(7-12)6-9(2)3/h9-10H,4-8,12H2,1-3H3,(H,13,14). The van der Waals surface area contributed by atoms with Gasteiger partial charge in [-0.25, -0.2) is 0 Å². The second-order valence-electron chi connectivity index (χ2n) is 4.18. The minimum absolute atomic E-state index is 0.0699. The summed E-state index contributed by atoms with van der Waals surface area (Å²) < 4.78 is 5.14. The SMILES string of the molecule is CCCOCC(=O)NC(CN)CC(C)C. The molecule has 0 saturated carbocycles.